The maximum Gasteiger partial charge on any atom is 0.260 e. The second-order valence-corrected chi connectivity index (χ2v) is 12.6. The quantitative estimate of drug-likeness (QED) is 0.286. The molecule has 0 atom stereocenters. The zero-order chi connectivity index (χ0) is 26.9. The number of aromatic nitrogens is 2. The molecule has 0 unspecified atom stereocenters. The van der Waals surface area contributed by atoms with E-state index in [4.69, 9.17) is 21.3 Å². The van der Waals surface area contributed by atoms with E-state index < -0.39 is 10.0 Å². The highest BCUT2D eigenvalue weighted by atomic mass is 35.5. The Bertz CT molecular complexity index is 1550. The second-order valence-electron chi connectivity index (χ2n) is 9.29. The van der Waals surface area contributed by atoms with Crippen molar-refractivity contribution < 1.29 is 17.9 Å². The van der Waals surface area contributed by atoms with E-state index in [9.17, 15) is 13.2 Å². The van der Waals surface area contributed by atoms with E-state index in [-0.39, 0.29) is 17.3 Å². The first-order valence-corrected chi connectivity index (χ1v) is 14.9. The SMILES string of the molecule is COc1ccc(Cl)c2sc(N(Cc3cccnc3)C(=O)c3ccc(S(=O)(=O)N4CCC(C)CC4)cc3)nc12. The number of fused-ring (bicyclic) bond motifs is 1. The Morgan fingerprint density at radius 1 is 1.16 bits per heavy atom. The van der Waals surface area contributed by atoms with Crippen molar-refractivity contribution in [2.75, 3.05) is 25.1 Å². The van der Waals surface area contributed by atoms with Crippen LogP contribution in [0.1, 0.15) is 35.7 Å². The fourth-order valence-corrected chi connectivity index (χ4v) is 7.15. The molecule has 11 heteroatoms. The molecule has 1 fully saturated rings. The standard InChI is InChI=1S/C27H27ClN4O4S2/c1-18-11-14-31(15-12-18)38(34,35)21-7-5-20(6-8-21)26(33)32(17-19-4-3-13-29-16-19)27-30-24-23(36-2)10-9-22(28)25(24)37-27/h3-10,13,16,18H,11-12,14-15,17H2,1-2H3. The first-order valence-electron chi connectivity index (χ1n) is 12.2. The Kier molecular flexibility index (Phi) is 7.67. The Balaban J connectivity index is 1.48. The van der Waals surface area contributed by atoms with Crippen molar-refractivity contribution in [3.63, 3.8) is 0 Å². The third kappa shape index (κ3) is 5.26. The van der Waals surface area contributed by atoms with Crippen LogP contribution in [0.3, 0.4) is 0 Å². The van der Waals surface area contributed by atoms with Gasteiger partial charge in [-0.2, -0.15) is 4.31 Å². The largest absolute Gasteiger partial charge is 0.494 e. The lowest BCUT2D eigenvalue weighted by Gasteiger charge is -2.29. The number of amides is 1. The van der Waals surface area contributed by atoms with Crippen LogP contribution in [-0.4, -0.2) is 48.8 Å². The van der Waals surface area contributed by atoms with Crippen LogP contribution in [0.15, 0.2) is 65.8 Å². The van der Waals surface area contributed by atoms with Gasteiger partial charge in [-0.25, -0.2) is 13.4 Å². The molecule has 5 rings (SSSR count). The van der Waals surface area contributed by atoms with Gasteiger partial charge < -0.3 is 4.74 Å². The van der Waals surface area contributed by atoms with Gasteiger partial charge in [0.25, 0.3) is 5.91 Å². The number of piperidine rings is 1. The van der Waals surface area contributed by atoms with Gasteiger partial charge in [0.2, 0.25) is 10.0 Å². The number of nitrogens with zero attached hydrogens (tertiary/aromatic N) is 4. The van der Waals surface area contributed by atoms with Crippen LogP contribution < -0.4 is 9.64 Å². The summed E-state index contributed by atoms with van der Waals surface area (Å²) in [6.45, 7) is 3.37. The summed E-state index contributed by atoms with van der Waals surface area (Å²) in [5.41, 5.74) is 1.73. The molecule has 0 aliphatic carbocycles. The maximum absolute atomic E-state index is 13.8. The number of halogens is 1. The molecular weight excluding hydrogens is 544 g/mol. The van der Waals surface area contributed by atoms with Gasteiger partial charge in [0, 0.05) is 31.0 Å². The summed E-state index contributed by atoms with van der Waals surface area (Å²) in [6.07, 6.45) is 5.04. The number of carbonyl (C=O) groups is 1. The Hall–Kier alpha value is -3.05. The van der Waals surface area contributed by atoms with Gasteiger partial charge in [-0.3, -0.25) is 14.7 Å². The third-order valence-corrected chi connectivity index (χ3v) is 10.1. The van der Waals surface area contributed by atoms with Crippen LogP contribution in [0.4, 0.5) is 5.13 Å². The summed E-state index contributed by atoms with van der Waals surface area (Å²) < 4.78 is 34.0. The molecule has 1 saturated heterocycles. The molecule has 8 nitrogen and oxygen atoms in total. The van der Waals surface area contributed by atoms with E-state index >= 15 is 0 Å². The molecule has 1 amide bonds. The summed E-state index contributed by atoms with van der Waals surface area (Å²) >= 11 is 7.72. The number of methoxy groups -OCH3 is 1. The van der Waals surface area contributed by atoms with Gasteiger partial charge in [-0.05, 0) is 66.8 Å². The Morgan fingerprint density at radius 3 is 2.55 bits per heavy atom. The van der Waals surface area contributed by atoms with E-state index in [1.54, 1.807) is 54.7 Å². The van der Waals surface area contributed by atoms with Crippen molar-refractivity contribution in [3.05, 3.63) is 77.1 Å². The number of anilines is 1. The van der Waals surface area contributed by atoms with Crippen molar-refractivity contribution in [3.8, 4) is 5.75 Å². The normalized spacial score (nSPS) is 15.0. The summed E-state index contributed by atoms with van der Waals surface area (Å²) in [4.78, 5) is 24.4. The van der Waals surface area contributed by atoms with Crippen LogP contribution in [0.25, 0.3) is 10.2 Å². The summed E-state index contributed by atoms with van der Waals surface area (Å²) in [5, 5.41) is 0.958. The minimum Gasteiger partial charge on any atom is -0.494 e. The lowest BCUT2D eigenvalue weighted by molar-refractivity contribution is 0.0985. The van der Waals surface area contributed by atoms with Crippen LogP contribution in [0.2, 0.25) is 5.02 Å². The van der Waals surface area contributed by atoms with Crippen LogP contribution in [0, 0.1) is 5.92 Å². The molecule has 0 saturated carbocycles. The van der Waals surface area contributed by atoms with Crippen molar-refractivity contribution in [2.24, 2.45) is 5.92 Å². The summed E-state index contributed by atoms with van der Waals surface area (Å²) in [5.74, 6) is 0.755. The highest BCUT2D eigenvalue weighted by molar-refractivity contribution is 7.89. The van der Waals surface area contributed by atoms with Crippen molar-refractivity contribution in [1.29, 1.82) is 0 Å². The fourth-order valence-electron chi connectivity index (χ4n) is 4.42. The van der Waals surface area contributed by atoms with Crippen molar-refractivity contribution >= 4 is 54.2 Å². The molecule has 0 spiro atoms. The molecule has 198 valence electrons. The highest BCUT2D eigenvalue weighted by Crippen LogP contribution is 2.39. The van der Waals surface area contributed by atoms with Gasteiger partial charge in [-0.1, -0.05) is 35.9 Å². The fraction of sp³-hybridized carbons (Fsp3) is 0.296. The topological polar surface area (TPSA) is 92.7 Å². The number of hydrogen-bond acceptors (Lipinski definition) is 7. The summed E-state index contributed by atoms with van der Waals surface area (Å²) in [7, 11) is -2.06. The van der Waals surface area contributed by atoms with Crippen molar-refractivity contribution in [2.45, 2.75) is 31.2 Å². The molecule has 38 heavy (non-hydrogen) atoms. The zero-order valence-electron chi connectivity index (χ0n) is 21.0. The van der Waals surface area contributed by atoms with E-state index in [0.29, 0.717) is 50.7 Å². The van der Waals surface area contributed by atoms with E-state index in [1.807, 2.05) is 6.07 Å². The molecule has 0 radical (unpaired) electrons. The van der Waals surface area contributed by atoms with E-state index in [1.165, 1.54) is 27.8 Å². The van der Waals surface area contributed by atoms with Gasteiger partial charge in [0.05, 0.1) is 28.3 Å². The Labute approximate surface area is 230 Å². The first-order chi connectivity index (χ1) is 18.3. The number of rotatable bonds is 7. The average Bonchev–Trinajstić information content (AvgIpc) is 3.39. The van der Waals surface area contributed by atoms with Crippen LogP contribution >= 0.6 is 22.9 Å². The lowest BCUT2D eigenvalue weighted by Crippen LogP contribution is -2.37. The summed E-state index contributed by atoms with van der Waals surface area (Å²) in [6, 6.07) is 13.3. The van der Waals surface area contributed by atoms with E-state index in [2.05, 4.69) is 11.9 Å². The Morgan fingerprint density at radius 2 is 1.89 bits per heavy atom. The number of hydrogen-bond donors (Lipinski definition) is 0. The molecule has 1 aliphatic heterocycles. The number of carbonyl (C=O) groups excluding carboxylic acids is 1. The minimum absolute atomic E-state index is 0.180. The number of benzene rings is 2. The van der Waals surface area contributed by atoms with Gasteiger partial charge in [-0.15, -0.1) is 0 Å². The minimum atomic E-state index is -3.62. The van der Waals surface area contributed by atoms with Gasteiger partial charge in [0.15, 0.2) is 5.13 Å². The van der Waals surface area contributed by atoms with Crippen LogP contribution in [0.5, 0.6) is 5.75 Å². The van der Waals surface area contributed by atoms with E-state index in [0.717, 1.165) is 18.4 Å². The van der Waals surface area contributed by atoms with Gasteiger partial charge >= 0.3 is 0 Å². The smallest absolute Gasteiger partial charge is 0.260 e. The van der Waals surface area contributed by atoms with Gasteiger partial charge in [0.1, 0.15) is 11.3 Å². The number of pyridine rings is 1. The monoisotopic (exact) mass is 570 g/mol. The molecule has 3 heterocycles. The zero-order valence-corrected chi connectivity index (χ0v) is 23.4. The number of sulfonamides is 1. The average molecular weight is 571 g/mol. The van der Waals surface area contributed by atoms with Crippen LogP contribution in [-0.2, 0) is 16.6 Å². The molecule has 2 aromatic carbocycles. The first kappa shape index (κ1) is 26.6. The molecule has 2 aromatic heterocycles. The number of thiazole rings is 1. The molecular formula is C27H27ClN4O4S2. The predicted octanol–water partition coefficient (Wildman–Crippen LogP) is 5.62. The molecule has 4 aromatic rings. The molecule has 0 bridgehead atoms. The third-order valence-electron chi connectivity index (χ3n) is 6.69. The lowest BCUT2D eigenvalue weighted by atomic mass is 10.0. The highest BCUT2D eigenvalue weighted by Gasteiger charge is 2.29. The molecule has 0 N–H and O–H groups in total. The predicted molar refractivity (Wildman–Crippen MR) is 150 cm³/mol. The van der Waals surface area contributed by atoms with Crippen molar-refractivity contribution in [1.82, 2.24) is 14.3 Å². The second kappa shape index (κ2) is 11.0. The number of ether oxygens (including phenoxy) is 1. The maximum atomic E-state index is 13.8. The molecule has 1 aliphatic rings.